The zero-order valence-corrected chi connectivity index (χ0v) is 38.0. The molecule has 0 amide bonds. The van der Waals surface area contributed by atoms with Crippen LogP contribution in [0.3, 0.4) is 0 Å². The molecule has 4 nitrogen and oxygen atoms in total. The molecule has 2 heterocycles. The van der Waals surface area contributed by atoms with E-state index < -0.39 is 12.7 Å². The van der Waals surface area contributed by atoms with Gasteiger partial charge >= 0.3 is 0 Å². The SMILES string of the molecule is [2H]C([2H])([2H])c1cc(-c2c(C(C)C)cccc2C([2H])(C)C)ccc1-n1c(-c2cc(C)cc(C)c2O)nc2c(-c3[c-]c(-c4cc(-c5ccccc5)ccn4)cc(-c4ccccc4)c3)cccc21.[Pt]. The van der Waals surface area contributed by atoms with Crippen LogP contribution in [0.25, 0.3) is 83.9 Å². The summed E-state index contributed by atoms with van der Waals surface area (Å²) < 4.78 is 38.1. The zero-order chi connectivity index (χ0) is 45.8. The predicted octanol–water partition coefficient (Wildman–Crippen LogP) is 15.1. The summed E-state index contributed by atoms with van der Waals surface area (Å²) >= 11 is 0. The molecule has 7 aromatic carbocycles. The fourth-order valence-corrected chi connectivity index (χ4v) is 8.59. The molecule has 1 N–H and O–H groups in total. The van der Waals surface area contributed by atoms with E-state index in [4.69, 9.17) is 15.5 Å². The van der Waals surface area contributed by atoms with Crippen LogP contribution >= 0.6 is 0 Å². The molecule has 0 aliphatic heterocycles. The number of phenolic OH excluding ortho intramolecular Hbond substituents is 1. The standard InChI is InChI=1S/C57H50N3O.Pt/c1-35(2)47-20-14-21-48(36(3)4)54(47)43-24-25-52(38(6)30-43)60-53-23-15-22-49(55(53)59-57(60)50-29-37(5)28-39(7)56(50)61)45-31-44(41-18-12-9-13-19-41)32-46(33-45)51-34-42(26-27-58-51)40-16-10-8-11-17-40;/h8-32,34-36,61H,1-7H3;/q-1;/i6D3,35D;. The third-order valence-electron chi connectivity index (χ3n) is 11.6. The third kappa shape index (κ3) is 7.96. The molecule has 0 aliphatic rings. The number of benzene rings is 7. The summed E-state index contributed by atoms with van der Waals surface area (Å²) in [4.78, 5) is 10.2. The van der Waals surface area contributed by atoms with Crippen molar-refractivity contribution in [3.63, 3.8) is 0 Å². The van der Waals surface area contributed by atoms with Crippen LogP contribution in [-0.4, -0.2) is 19.6 Å². The maximum absolute atomic E-state index is 11.8. The van der Waals surface area contributed by atoms with Crippen LogP contribution in [-0.2, 0) is 21.1 Å². The molecule has 0 aliphatic carbocycles. The largest absolute Gasteiger partial charge is 0.507 e. The Morgan fingerprint density at radius 3 is 2.03 bits per heavy atom. The zero-order valence-electron chi connectivity index (χ0n) is 39.7. The maximum atomic E-state index is 11.8. The molecule has 2 aromatic heterocycles. The van der Waals surface area contributed by atoms with E-state index in [0.29, 0.717) is 33.7 Å². The molecule has 62 heavy (non-hydrogen) atoms. The Bertz CT molecular complexity index is 3240. The Balaban J connectivity index is 0.00000592. The van der Waals surface area contributed by atoms with Crippen molar-refractivity contribution >= 4 is 11.0 Å². The second-order valence-electron chi connectivity index (χ2n) is 16.4. The van der Waals surface area contributed by atoms with Crippen LogP contribution in [0, 0.1) is 26.8 Å². The van der Waals surface area contributed by atoms with Gasteiger partial charge in [-0.05, 0) is 118 Å². The van der Waals surface area contributed by atoms with Gasteiger partial charge in [0, 0.05) is 38.4 Å². The first-order valence-electron chi connectivity index (χ1n) is 22.8. The van der Waals surface area contributed by atoms with Crippen LogP contribution in [0.4, 0.5) is 0 Å². The molecule has 5 heteroatoms. The Morgan fingerprint density at radius 2 is 1.32 bits per heavy atom. The van der Waals surface area contributed by atoms with Crippen molar-refractivity contribution in [3.8, 4) is 78.6 Å². The molecule has 0 unspecified atom stereocenters. The minimum atomic E-state index is -2.56. The van der Waals surface area contributed by atoms with E-state index in [-0.39, 0.29) is 38.3 Å². The van der Waals surface area contributed by atoms with Gasteiger partial charge in [0.05, 0.1) is 22.3 Å². The number of imidazole rings is 1. The van der Waals surface area contributed by atoms with Gasteiger partial charge in [0.25, 0.3) is 0 Å². The Hall–Kier alpha value is -6.35. The second-order valence-corrected chi connectivity index (χ2v) is 16.4. The van der Waals surface area contributed by atoms with Crippen molar-refractivity contribution in [2.24, 2.45) is 0 Å². The molecular weight excluding hydrogens is 938 g/mol. The van der Waals surface area contributed by atoms with Crippen LogP contribution in [0.2, 0.25) is 0 Å². The molecule has 0 fully saturated rings. The van der Waals surface area contributed by atoms with Crippen molar-refractivity contribution in [2.75, 3.05) is 0 Å². The molecule has 0 spiro atoms. The average molecular weight is 992 g/mol. The smallest absolute Gasteiger partial charge is 0.148 e. The number of phenols is 1. The number of hydrogen-bond acceptors (Lipinski definition) is 3. The summed E-state index contributed by atoms with van der Waals surface area (Å²) in [7, 11) is 0. The molecule has 9 aromatic rings. The molecule has 0 bridgehead atoms. The van der Waals surface area contributed by atoms with Gasteiger partial charge in [-0.15, -0.1) is 23.8 Å². The second kappa shape index (κ2) is 17.6. The normalized spacial score (nSPS) is 12.7. The van der Waals surface area contributed by atoms with Crippen molar-refractivity contribution in [1.82, 2.24) is 14.5 Å². The van der Waals surface area contributed by atoms with Gasteiger partial charge in [-0.25, -0.2) is 4.98 Å². The van der Waals surface area contributed by atoms with Gasteiger partial charge in [-0.2, -0.15) is 0 Å². The van der Waals surface area contributed by atoms with Crippen molar-refractivity contribution < 1.29 is 31.7 Å². The summed E-state index contributed by atoms with van der Waals surface area (Å²) in [5.41, 5.74) is 14.6. The minimum Gasteiger partial charge on any atom is -0.507 e. The number of aromatic nitrogens is 3. The number of aromatic hydroxyl groups is 1. The number of aryl methyl sites for hydroxylation is 3. The summed E-state index contributed by atoms with van der Waals surface area (Å²) in [6.07, 6.45) is 1.83. The van der Waals surface area contributed by atoms with Crippen LogP contribution in [0.15, 0.2) is 158 Å². The van der Waals surface area contributed by atoms with E-state index in [2.05, 4.69) is 68.4 Å². The summed E-state index contributed by atoms with van der Waals surface area (Å²) in [5.74, 6) is -0.348. The third-order valence-corrected chi connectivity index (χ3v) is 11.6. The van der Waals surface area contributed by atoms with E-state index in [1.54, 1.807) is 6.07 Å². The van der Waals surface area contributed by atoms with Crippen LogP contribution in [0.1, 0.15) is 72.8 Å². The average Bonchev–Trinajstić information content (AvgIpc) is 3.69. The van der Waals surface area contributed by atoms with Gasteiger partial charge in [-0.3, -0.25) is 9.55 Å². The van der Waals surface area contributed by atoms with Crippen molar-refractivity contribution in [3.05, 3.63) is 192 Å². The predicted molar refractivity (Wildman–Crippen MR) is 254 cm³/mol. The molecule has 0 radical (unpaired) electrons. The monoisotopic (exact) mass is 991 g/mol. The number of rotatable bonds is 9. The van der Waals surface area contributed by atoms with Gasteiger partial charge in [-0.1, -0.05) is 154 Å². The maximum Gasteiger partial charge on any atom is 0.148 e. The summed E-state index contributed by atoms with van der Waals surface area (Å²) in [6, 6.07) is 53.8. The number of hydrogen-bond donors (Lipinski definition) is 1. The fourth-order valence-electron chi connectivity index (χ4n) is 8.59. The first-order valence-corrected chi connectivity index (χ1v) is 20.8. The first-order chi connectivity index (χ1) is 31.1. The van der Waals surface area contributed by atoms with Crippen molar-refractivity contribution in [1.29, 1.82) is 0 Å². The number of pyridine rings is 1. The first kappa shape index (κ1) is 37.4. The van der Waals surface area contributed by atoms with E-state index in [1.807, 2.05) is 136 Å². The molecule has 310 valence electrons. The van der Waals surface area contributed by atoms with Gasteiger partial charge in [0.15, 0.2) is 0 Å². The summed E-state index contributed by atoms with van der Waals surface area (Å²) in [6.45, 7) is 9.23. The Labute approximate surface area is 385 Å². The fraction of sp³-hybridized carbons (Fsp3) is 0.158. The number of para-hydroxylation sites is 1. The number of fused-ring (bicyclic) bond motifs is 1. The van der Waals surface area contributed by atoms with E-state index >= 15 is 0 Å². The molecule has 0 saturated carbocycles. The van der Waals surface area contributed by atoms with E-state index in [0.717, 1.165) is 72.5 Å². The molecule has 9 rings (SSSR count). The Morgan fingerprint density at radius 1 is 0.629 bits per heavy atom. The van der Waals surface area contributed by atoms with E-state index in [1.165, 1.54) is 0 Å². The minimum absolute atomic E-state index is 0. The topological polar surface area (TPSA) is 50.9 Å². The molecule has 0 saturated heterocycles. The molecule has 0 atom stereocenters. The Kier molecular flexibility index (Phi) is 10.6. The molecular formula is C57H50N3OPt-. The van der Waals surface area contributed by atoms with Gasteiger partial charge in [0.2, 0.25) is 0 Å². The quantitative estimate of drug-likeness (QED) is 0.147. The van der Waals surface area contributed by atoms with Crippen LogP contribution < -0.4 is 0 Å². The summed E-state index contributed by atoms with van der Waals surface area (Å²) in [5, 5.41) is 11.8. The van der Waals surface area contributed by atoms with Gasteiger partial charge in [0.1, 0.15) is 11.6 Å². The van der Waals surface area contributed by atoms with Crippen molar-refractivity contribution in [2.45, 2.75) is 60.2 Å². The van der Waals surface area contributed by atoms with Crippen LogP contribution in [0.5, 0.6) is 5.75 Å². The number of nitrogens with zero attached hydrogens (tertiary/aromatic N) is 3. The van der Waals surface area contributed by atoms with E-state index in [9.17, 15) is 5.11 Å². The van der Waals surface area contributed by atoms with Gasteiger partial charge < -0.3 is 5.11 Å².